The number of hydrogen-bond acceptors (Lipinski definition) is 7. The number of aliphatic hydroxyl groups excluding tert-OH is 4. The number of unbranched alkanes of at least 4 members (excludes halogenated alkanes) is 4. The van der Waals surface area contributed by atoms with Gasteiger partial charge in [-0.3, -0.25) is 4.79 Å². The fraction of sp³-hybridized carbons (Fsp3) is 0.929. The average Bonchev–Trinajstić information content (AvgIpc) is 2.47. The van der Waals surface area contributed by atoms with Gasteiger partial charge in [0.05, 0.1) is 6.61 Å². The van der Waals surface area contributed by atoms with E-state index in [9.17, 15) is 20.1 Å². The van der Waals surface area contributed by atoms with Crippen LogP contribution in [0.3, 0.4) is 0 Å². The van der Waals surface area contributed by atoms with Crippen molar-refractivity contribution < 1.29 is 34.7 Å². The second-order valence-electron chi connectivity index (χ2n) is 5.35. The fourth-order valence-electron chi connectivity index (χ4n) is 2.23. The molecule has 0 aromatic rings. The Labute approximate surface area is 124 Å². The topological polar surface area (TPSA) is 116 Å². The Bertz CT molecular complexity index is 308. The van der Waals surface area contributed by atoms with Crippen LogP contribution in [-0.2, 0) is 14.3 Å². The molecule has 0 aromatic heterocycles. The maximum atomic E-state index is 11.7. The van der Waals surface area contributed by atoms with E-state index in [-0.39, 0.29) is 6.42 Å². The fourth-order valence-corrected chi connectivity index (χ4v) is 2.23. The van der Waals surface area contributed by atoms with Crippen LogP contribution in [0.25, 0.3) is 0 Å². The number of rotatable bonds is 8. The van der Waals surface area contributed by atoms with E-state index in [2.05, 4.69) is 6.92 Å². The molecule has 5 atom stereocenters. The largest absolute Gasteiger partial charge is 0.433 e. The zero-order valence-electron chi connectivity index (χ0n) is 12.4. The maximum Gasteiger partial charge on any atom is 0.308 e. The summed E-state index contributed by atoms with van der Waals surface area (Å²) in [7, 11) is 0. The van der Waals surface area contributed by atoms with Crippen molar-refractivity contribution in [3.63, 3.8) is 0 Å². The SMILES string of the molecule is CCCCCCCC(=O)OC1O[C@H](CO)[C@@H](O)[C@H](O)[C@H]1O. The van der Waals surface area contributed by atoms with Crippen molar-refractivity contribution in [3.8, 4) is 0 Å². The molecule has 7 nitrogen and oxygen atoms in total. The van der Waals surface area contributed by atoms with Gasteiger partial charge in [-0.25, -0.2) is 0 Å². The van der Waals surface area contributed by atoms with Crippen molar-refractivity contribution in [2.45, 2.75) is 76.2 Å². The lowest BCUT2D eigenvalue weighted by atomic mass is 9.99. The maximum absolute atomic E-state index is 11.7. The Morgan fingerprint density at radius 3 is 2.33 bits per heavy atom. The van der Waals surface area contributed by atoms with E-state index in [0.29, 0.717) is 6.42 Å². The predicted molar refractivity (Wildman–Crippen MR) is 73.2 cm³/mol. The molecule has 21 heavy (non-hydrogen) atoms. The van der Waals surface area contributed by atoms with E-state index in [4.69, 9.17) is 14.6 Å². The molecular weight excluding hydrogens is 280 g/mol. The van der Waals surface area contributed by atoms with E-state index in [1.54, 1.807) is 0 Å². The molecule has 1 saturated heterocycles. The lowest BCUT2D eigenvalue weighted by Gasteiger charge is -2.39. The molecule has 1 unspecified atom stereocenters. The lowest BCUT2D eigenvalue weighted by molar-refractivity contribution is -0.292. The number of hydrogen-bond donors (Lipinski definition) is 4. The molecule has 1 fully saturated rings. The summed E-state index contributed by atoms with van der Waals surface area (Å²) in [6.45, 7) is 1.56. The van der Waals surface area contributed by atoms with Crippen molar-refractivity contribution in [3.05, 3.63) is 0 Å². The van der Waals surface area contributed by atoms with Crippen LogP contribution in [0.5, 0.6) is 0 Å². The van der Waals surface area contributed by atoms with Crippen LogP contribution in [0.15, 0.2) is 0 Å². The minimum absolute atomic E-state index is 0.207. The van der Waals surface area contributed by atoms with E-state index in [0.717, 1.165) is 25.7 Å². The van der Waals surface area contributed by atoms with Crippen molar-refractivity contribution in [1.29, 1.82) is 0 Å². The summed E-state index contributed by atoms with van der Waals surface area (Å²) in [4.78, 5) is 11.7. The Hall–Kier alpha value is -0.730. The molecule has 1 heterocycles. The molecule has 1 aliphatic heterocycles. The van der Waals surface area contributed by atoms with Crippen LogP contribution in [-0.4, -0.2) is 63.7 Å². The van der Waals surface area contributed by atoms with Crippen LogP contribution < -0.4 is 0 Å². The molecule has 1 rings (SSSR count). The quantitative estimate of drug-likeness (QED) is 0.359. The Morgan fingerprint density at radius 2 is 1.71 bits per heavy atom. The molecule has 0 aliphatic carbocycles. The number of aliphatic hydroxyl groups is 4. The number of carbonyl (C=O) groups is 1. The summed E-state index contributed by atoms with van der Waals surface area (Å²) >= 11 is 0. The number of esters is 1. The molecule has 0 radical (unpaired) electrons. The summed E-state index contributed by atoms with van der Waals surface area (Å²) in [5.74, 6) is -0.532. The highest BCUT2D eigenvalue weighted by Crippen LogP contribution is 2.22. The van der Waals surface area contributed by atoms with Crippen molar-refractivity contribution in [1.82, 2.24) is 0 Å². The number of carbonyl (C=O) groups excluding carboxylic acids is 1. The zero-order valence-corrected chi connectivity index (χ0v) is 12.4. The Kier molecular flexibility index (Phi) is 8.13. The first kappa shape index (κ1) is 18.3. The van der Waals surface area contributed by atoms with Crippen molar-refractivity contribution >= 4 is 5.97 Å². The highest BCUT2D eigenvalue weighted by atomic mass is 16.7. The lowest BCUT2D eigenvalue weighted by Crippen LogP contribution is -2.59. The van der Waals surface area contributed by atoms with Gasteiger partial charge in [0.1, 0.15) is 24.4 Å². The second kappa shape index (κ2) is 9.32. The van der Waals surface area contributed by atoms with Gasteiger partial charge in [-0.2, -0.15) is 0 Å². The van der Waals surface area contributed by atoms with Crippen molar-refractivity contribution in [2.24, 2.45) is 0 Å². The van der Waals surface area contributed by atoms with Gasteiger partial charge in [-0.15, -0.1) is 0 Å². The Morgan fingerprint density at radius 1 is 1.05 bits per heavy atom. The van der Waals surface area contributed by atoms with Gasteiger partial charge in [-0.05, 0) is 6.42 Å². The minimum Gasteiger partial charge on any atom is -0.433 e. The van der Waals surface area contributed by atoms with Gasteiger partial charge in [0.15, 0.2) is 0 Å². The van der Waals surface area contributed by atoms with Gasteiger partial charge >= 0.3 is 5.97 Å². The molecule has 1 aliphatic rings. The molecule has 7 heteroatoms. The van der Waals surface area contributed by atoms with E-state index >= 15 is 0 Å². The average molecular weight is 306 g/mol. The first-order chi connectivity index (χ1) is 10.0. The van der Waals surface area contributed by atoms with Gasteiger partial charge < -0.3 is 29.9 Å². The first-order valence-electron chi connectivity index (χ1n) is 7.51. The van der Waals surface area contributed by atoms with Gasteiger partial charge in [0, 0.05) is 6.42 Å². The van der Waals surface area contributed by atoms with E-state index in [1.807, 2.05) is 0 Å². The second-order valence-corrected chi connectivity index (χ2v) is 5.35. The highest BCUT2D eigenvalue weighted by molar-refractivity contribution is 5.69. The van der Waals surface area contributed by atoms with E-state index in [1.165, 1.54) is 0 Å². The summed E-state index contributed by atoms with van der Waals surface area (Å²) in [6, 6.07) is 0. The summed E-state index contributed by atoms with van der Waals surface area (Å²) < 4.78 is 10.1. The van der Waals surface area contributed by atoms with Gasteiger partial charge in [0.2, 0.25) is 6.29 Å². The van der Waals surface area contributed by atoms with Crippen LogP contribution in [0.4, 0.5) is 0 Å². The monoisotopic (exact) mass is 306 g/mol. The third-order valence-corrected chi connectivity index (χ3v) is 3.58. The number of ether oxygens (including phenoxy) is 2. The predicted octanol–water partition coefficient (Wildman–Crippen LogP) is -0.310. The van der Waals surface area contributed by atoms with Crippen LogP contribution in [0.1, 0.15) is 45.4 Å². The highest BCUT2D eigenvalue weighted by Gasteiger charge is 2.45. The molecule has 0 aromatic carbocycles. The van der Waals surface area contributed by atoms with Crippen LogP contribution in [0, 0.1) is 0 Å². The molecule has 0 saturated carbocycles. The summed E-state index contributed by atoms with van der Waals surface area (Å²) in [5, 5.41) is 37.9. The molecule has 0 spiro atoms. The minimum atomic E-state index is -1.54. The third kappa shape index (κ3) is 5.52. The zero-order chi connectivity index (χ0) is 15.8. The smallest absolute Gasteiger partial charge is 0.308 e. The Balaban J connectivity index is 2.36. The van der Waals surface area contributed by atoms with Crippen LogP contribution >= 0.6 is 0 Å². The molecule has 0 amide bonds. The van der Waals surface area contributed by atoms with E-state index < -0.39 is 43.3 Å². The molecular formula is C14H26O7. The van der Waals surface area contributed by atoms with Gasteiger partial charge in [-0.1, -0.05) is 32.6 Å². The summed E-state index contributed by atoms with van der Waals surface area (Å²) in [6.07, 6.45) is -1.82. The molecule has 4 N–H and O–H groups in total. The standard InChI is InChI=1S/C14H26O7/c1-2-3-4-5-6-7-10(16)21-14-13(19)12(18)11(17)9(8-15)20-14/h9,11-15,17-19H,2-8H2,1H3/t9-,11-,12+,13-,14?/m1/s1. The first-order valence-corrected chi connectivity index (χ1v) is 7.51. The van der Waals surface area contributed by atoms with Crippen molar-refractivity contribution in [2.75, 3.05) is 6.61 Å². The molecule has 0 bridgehead atoms. The van der Waals surface area contributed by atoms with Gasteiger partial charge in [0.25, 0.3) is 0 Å². The normalized spacial score (nSPS) is 32.9. The molecule has 124 valence electrons. The third-order valence-electron chi connectivity index (χ3n) is 3.58. The van der Waals surface area contributed by atoms with Crippen LogP contribution in [0.2, 0.25) is 0 Å². The summed E-state index contributed by atoms with van der Waals surface area (Å²) in [5.41, 5.74) is 0.